The minimum absolute atomic E-state index is 0.0828. The predicted molar refractivity (Wildman–Crippen MR) is 88.5 cm³/mol. The standard InChI is InChI=1S/C18H11ClF3NO2/c1-25-17(24)16-13-5-3-2-4-12(13)14(18(20,21)22)15(23-16)10-6-8-11(19)9-7-10/h2-9H,1H3. The molecule has 0 amide bonds. The van der Waals surface area contributed by atoms with Crippen molar-refractivity contribution in [2.24, 2.45) is 0 Å². The van der Waals surface area contributed by atoms with Crippen LogP contribution < -0.4 is 0 Å². The lowest BCUT2D eigenvalue weighted by molar-refractivity contribution is -0.136. The van der Waals surface area contributed by atoms with Gasteiger partial charge >= 0.3 is 12.1 Å². The van der Waals surface area contributed by atoms with Crippen LogP contribution in [0.5, 0.6) is 0 Å². The van der Waals surface area contributed by atoms with Crippen molar-refractivity contribution < 1.29 is 22.7 Å². The van der Waals surface area contributed by atoms with Gasteiger partial charge in [0.15, 0.2) is 5.69 Å². The number of alkyl halides is 3. The molecule has 128 valence electrons. The van der Waals surface area contributed by atoms with E-state index >= 15 is 0 Å². The van der Waals surface area contributed by atoms with Crippen LogP contribution in [0.25, 0.3) is 22.0 Å². The summed E-state index contributed by atoms with van der Waals surface area (Å²) in [6, 6.07) is 11.5. The summed E-state index contributed by atoms with van der Waals surface area (Å²) in [5, 5.41) is 0.348. The van der Waals surface area contributed by atoms with Gasteiger partial charge in [-0.1, -0.05) is 48.0 Å². The number of fused-ring (bicyclic) bond motifs is 1. The first kappa shape index (κ1) is 17.2. The summed E-state index contributed by atoms with van der Waals surface area (Å²) in [5.41, 5.74) is -1.22. The Morgan fingerprint density at radius 1 is 1.04 bits per heavy atom. The van der Waals surface area contributed by atoms with Gasteiger partial charge in [0, 0.05) is 16.0 Å². The minimum atomic E-state index is -4.66. The third-order valence-corrected chi connectivity index (χ3v) is 3.94. The van der Waals surface area contributed by atoms with Crippen LogP contribution in [0.3, 0.4) is 0 Å². The number of ether oxygens (including phenoxy) is 1. The number of hydrogen-bond acceptors (Lipinski definition) is 3. The number of pyridine rings is 1. The Kier molecular flexibility index (Phi) is 4.39. The number of esters is 1. The number of carbonyl (C=O) groups is 1. The Labute approximate surface area is 146 Å². The van der Waals surface area contributed by atoms with E-state index in [1.54, 1.807) is 6.07 Å². The maximum Gasteiger partial charge on any atom is 0.419 e. The summed E-state index contributed by atoms with van der Waals surface area (Å²) in [6.07, 6.45) is -4.66. The van der Waals surface area contributed by atoms with Gasteiger partial charge in [-0.05, 0) is 17.5 Å². The average Bonchev–Trinajstić information content (AvgIpc) is 2.59. The zero-order valence-electron chi connectivity index (χ0n) is 12.9. The van der Waals surface area contributed by atoms with E-state index in [1.807, 2.05) is 0 Å². The van der Waals surface area contributed by atoms with Crippen molar-refractivity contribution >= 4 is 28.3 Å². The highest BCUT2D eigenvalue weighted by Crippen LogP contribution is 2.41. The molecule has 0 radical (unpaired) electrons. The highest BCUT2D eigenvalue weighted by Gasteiger charge is 2.38. The molecule has 25 heavy (non-hydrogen) atoms. The van der Waals surface area contributed by atoms with Gasteiger partial charge in [0.25, 0.3) is 0 Å². The summed E-state index contributed by atoms with van der Waals surface area (Å²) in [5.74, 6) is -0.805. The molecule has 0 bridgehead atoms. The highest BCUT2D eigenvalue weighted by molar-refractivity contribution is 6.30. The smallest absolute Gasteiger partial charge is 0.419 e. The lowest BCUT2D eigenvalue weighted by Gasteiger charge is -2.17. The van der Waals surface area contributed by atoms with Crippen LogP contribution in [0.15, 0.2) is 48.5 Å². The molecule has 1 heterocycles. The Morgan fingerprint density at radius 2 is 1.64 bits per heavy atom. The predicted octanol–water partition coefficient (Wildman–Crippen LogP) is 5.36. The van der Waals surface area contributed by atoms with Crippen LogP contribution in [0.2, 0.25) is 5.02 Å². The van der Waals surface area contributed by atoms with Gasteiger partial charge in [-0.2, -0.15) is 13.2 Å². The minimum Gasteiger partial charge on any atom is -0.464 e. The van der Waals surface area contributed by atoms with Gasteiger partial charge in [-0.3, -0.25) is 0 Å². The fraction of sp³-hybridized carbons (Fsp3) is 0.111. The van der Waals surface area contributed by atoms with Gasteiger partial charge in [-0.15, -0.1) is 0 Å². The number of hydrogen-bond donors (Lipinski definition) is 0. The first-order valence-corrected chi connectivity index (χ1v) is 7.55. The second-order valence-electron chi connectivity index (χ2n) is 5.23. The zero-order valence-corrected chi connectivity index (χ0v) is 13.7. The molecule has 1 aromatic heterocycles. The largest absolute Gasteiger partial charge is 0.464 e. The van der Waals surface area contributed by atoms with Crippen LogP contribution in [-0.2, 0) is 10.9 Å². The number of nitrogens with zero attached hydrogens (tertiary/aromatic N) is 1. The Balaban J connectivity index is 2.45. The number of rotatable bonds is 2. The second kappa shape index (κ2) is 6.37. The number of aromatic nitrogens is 1. The topological polar surface area (TPSA) is 39.2 Å². The summed E-state index contributed by atoms with van der Waals surface area (Å²) < 4.78 is 46.0. The molecule has 0 atom stereocenters. The lowest BCUT2D eigenvalue weighted by Crippen LogP contribution is -2.14. The van der Waals surface area contributed by atoms with E-state index in [0.717, 1.165) is 7.11 Å². The maximum atomic E-state index is 13.8. The van der Waals surface area contributed by atoms with Gasteiger partial charge < -0.3 is 4.74 Å². The lowest BCUT2D eigenvalue weighted by atomic mass is 9.97. The third-order valence-electron chi connectivity index (χ3n) is 3.69. The number of benzene rings is 2. The number of carbonyl (C=O) groups excluding carboxylic acids is 1. The monoisotopic (exact) mass is 365 g/mol. The molecular formula is C18H11ClF3NO2. The Hall–Kier alpha value is -2.60. The average molecular weight is 366 g/mol. The molecule has 2 aromatic carbocycles. The van der Waals surface area contributed by atoms with Crippen LogP contribution in [0.4, 0.5) is 13.2 Å². The first-order chi connectivity index (χ1) is 11.8. The summed E-state index contributed by atoms with van der Waals surface area (Å²) in [4.78, 5) is 16.0. The van der Waals surface area contributed by atoms with E-state index in [1.165, 1.54) is 42.5 Å². The molecular weight excluding hydrogens is 355 g/mol. The van der Waals surface area contributed by atoms with Crippen molar-refractivity contribution in [2.75, 3.05) is 7.11 Å². The van der Waals surface area contributed by atoms with Gasteiger partial charge in [0.05, 0.1) is 18.4 Å². The molecule has 7 heteroatoms. The molecule has 0 aliphatic carbocycles. The normalized spacial score (nSPS) is 11.6. The summed E-state index contributed by atoms with van der Waals surface area (Å²) in [6.45, 7) is 0. The SMILES string of the molecule is COC(=O)c1nc(-c2ccc(Cl)cc2)c(C(F)(F)F)c2ccccc12. The van der Waals surface area contributed by atoms with E-state index in [9.17, 15) is 18.0 Å². The highest BCUT2D eigenvalue weighted by atomic mass is 35.5. The molecule has 0 aliphatic rings. The van der Waals surface area contributed by atoms with Crippen LogP contribution >= 0.6 is 11.6 Å². The van der Waals surface area contributed by atoms with E-state index in [-0.39, 0.29) is 27.7 Å². The quantitative estimate of drug-likeness (QED) is 0.574. The van der Waals surface area contributed by atoms with Crippen LogP contribution in [0, 0.1) is 0 Å². The van der Waals surface area contributed by atoms with Crippen molar-refractivity contribution in [2.45, 2.75) is 6.18 Å². The molecule has 0 fully saturated rings. The van der Waals surface area contributed by atoms with E-state index in [2.05, 4.69) is 9.72 Å². The third kappa shape index (κ3) is 3.17. The Morgan fingerprint density at radius 3 is 2.20 bits per heavy atom. The van der Waals surface area contributed by atoms with Crippen molar-refractivity contribution in [3.8, 4) is 11.3 Å². The Bertz CT molecular complexity index is 953. The molecule has 0 saturated carbocycles. The van der Waals surface area contributed by atoms with Gasteiger partial charge in [0.1, 0.15) is 0 Å². The van der Waals surface area contributed by atoms with E-state index in [4.69, 9.17) is 11.6 Å². The van der Waals surface area contributed by atoms with E-state index < -0.39 is 17.7 Å². The molecule has 3 rings (SSSR count). The molecule has 3 aromatic rings. The van der Waals surface area contributed by atoms with Gasteiger partial charge in [-0.25, -0.2) is 9.78 Å². The number of methoxy groups -OCH3 is 1. The molecule has 3 nitrogen and oxygen atoms in total. The molecule has 0 saturated heterocycles. The second-order valence-corrected chi connectivity index (χ2v) is 5.66. The van der Waals surface area contributed by atoms with Crippen molar-refractivity contribution in [3.63, 3.8) is 0 Å². The van der Waals surface area contributed by atoms with E-state index in [0.29, 0.717) is 5.02 Å². The summed E-state index contributed by atoms with van der Waals surface area (Å²) >= 11 is 5.81. The molecule has 0 aliphatic heterocycles. The van der Waals surface area contributed by atoms with Crippen molar-refractivity contribution in [1.29, 1.82) is 0 Å². The van der Waals surface area contributed by atoms with Crippen LogP contribution in [0.1, 0.15) is 16.1 Å². The van der Waals surface area contributed by atoms with Gasteiger partial charge in [0.2, 0.25) is 0 Å². The fourth-order valence-electron chi connectivity index (χ4n) is 2.62. The maximum absolute atomic E-state index is 13.8. The number of halogens is 4. The summed E-state index contributed by atoms with van der Waals surface area (Å²) in [7, 11) is 1.15. The molecule has 0 spiro atoms. The fourth-order valence-corrected chi connectivity index (χ4v) is 2.74. The molecule has 0 N–H and O–H groups in total. The molecule has 0 unspecified atom stereocenters. The van der Waals surface area contributed by atoms with Crippen molar-refractivity contribution in [3.05, 3.63) is 64.8 Å². The van der Waals surface area contributed by atoms with Crippen LogP contribution in [-0.4, -0.2) is 18.1 Å². The first-order valence-electron chi connectivity index (χ1n) is 7.17. The zero-order chi connectivity index (χ0) is 18.2. The van der Waals surface area contributed by atoms with Crippen molar-refractivity contribution in [1.82, 2.24) is 4.98 Å².